The van der Waals surface area contributed by atoms with E-state index >= 15 is 0 Å². The summed E-state index contributed by atoms with van der Waals surface area (Å²) >= 11 is 0. The lowest BCUT2D eigenvalue weighted by molar-refractivity contribution is 0.0443. The summed E-state index contributed by atoms with van der Waals surface area (Å²) in [5.41, 5.74) is 1.65. The Balaban J connectivity index is 2.56. The minimum atomic E-state index is -0.827. The molecule has 0 N–H and O–H groups in total. The second-order valence-electron chi connectivity index (χ2n) is 5.04. The number of Topliss-reactive ketones (excluding diaryl/α,β-unsaturated/α-hetero) is 1. The number of ether oxygens (including phenoxy) is 3. The Hall–Kier alpha value is -1.55. The van der Waals surface area contributed by atoms with Crippen molar-refractivity contribution in [2.24, 2.45) is 0 Å². The Kier molecular flexibility index (Phi) is 3.07. The number of hydrogen-bond acceptors (Lipinski definition) is 4. The first-order valence-electron chi connectivity index (χ1n) is 5.88. The van der Waals surface area contributed by atoms with Gasteiger partial charge < -0.3 is 14.2 Å². The number of benzene rings is 1. The highest BCUT2D eigenvalue weighted by atomic mass is 16.7. The van der Waals surface area contributed by atoms with Crippen molar-refractivity contribution in [3.63, 3.8) is 0 Å². The van der Waals surface area contributed by atoms with Crippen LogP contribution in [0.1, 0.15) is 35.3 Å². The molecule has 0 saturated carbocycles. The van der Waals surface area contributed by atoms with Crippen molar-refractivity contribution in [2.75, 3.05) is 13.9 Å². The number of methoxy groups -OCH3 is 1. The first-order valence-corrected chi connectivity index (χ1v) is 5.88. The minimum Gasteiger partial charge on any atom is -0.475 e. The van der Waals surface area contributed by atoms with E-state index in [4.69, 9.17) is 14.2 Å². The molecular formula is C14H18O4. The molecule has 2 rings (SSSR count). The zero-order chi connectivity index (χ0) is 13.5. The van der Waals surface area contributed by atoms with Gasteiger partial charge in [0.25, 0.3) is 0 Å². The zero-order valence-corrected chi connectivity index (χ0v) is 11.4. The van der Waals surface area contributed by atoms with Gasteiger partial charge in [0.2, 0.25) is 5.78 Å². The first kappa shape index (κ1) is 12.9. The quantitative estimate of drug-likeness (QED) is 0.774. The summed E-state index contributed by atoms with van der Waals surface area (Å²) in [6.07, 6.45) is 0. The Morgan fingerprint density at radius 3 is 2.56 bits per heavy atom. The molecule has 0 amide bonds. The average molecular weight is 250 g/mol. The van der Waals surface area contributed by atoms with E-state index in [-0.39, 0.29) is 12.6 Å². The number of hydrogen-bond donors (Lipinski definition) is 0. The summed E-state index contributed by atoms with van der Waals surface area (Å²) in [5.74, 6) is 1.13. The molecule has 0 aliphatic carbocycles. The van der Waals surface area contributed by atoms with Crippen LogP contribution in [0.5, 0.6) is 11.5 Å². The summed E-state index contributed by atoms with van der Waals surface area (Å²) in [5, 5.41) is 0. The van der Waals surface area contributed by atoms with Crippen molar-refractivity contribution in [3.05, 3.63) is 22.8 Å². The van der Waals surface area contributed by atoms with E-state index in [1.807, 2.05) is 19.9 Å². The lowest BCUT2D eigenvalue weighted by Gasteiger charge is -2.17. The van der Waals surface area contributed by atoms with Gasteiger partial charge in [0.05, 0.1) is 5.56 Å². The molecule has 0 unspecified atom stereocenters. The van der Waals surface area contributed by atoms with Crippen molar-refractivity contribution in [3.8, 4) is 11.5 Å². The average Bonchev–Trinajstić information content (AvgIpc) is 2.50. The molecule has 98 valence electrons. The molecular weight excluding hydrogens is 232 g/mol. The van der Waals surface area contributed by atoms with E-state index in [0.29, 0.717) is 17.1 Å². The van der Waals surface area contributed by atoms with Gasteiger partial charge in [0.15, 0.2) is 23.9 Å². The lowest BCUT2D eigenvalue weighted by Crippen LogP contribution is -2.32. The standard InChI is InChI=1S/C14H18O4/c1-8-6-9(2)11(17-7-16-5)12-10(8)13(15)14(3,4)18-12/h6H,7H2,1-5H3. The molecule has 0 bridgehead atoms. The molecule has 0 saturated heterocycles. The molecule has 1 aromatic carbocycles. The van der Waals surface area contributed by atoms with Gasteiger partial charge >= 0.3 is 0 Å². The molecule has 0 aromatic heterocycles. The van der Waals surface area contributed by atoms with Crippen LogP contribution in [0.15, 0.2) is 6.07 Å². The number of fused-ring (bicyclic) bond motifs is 1. The second kappa shape index (κ2) is 4.28. The minimum absolute atomic E-state index is 0.00253. The SMILES string of the molecule is COCOc1c(C)cc(C)c2c1OC(C)(C)C2=O. The Bertz CT molecular complexity index is 503. The fourth-order valence-electron chi connectivity index (χ4n) is 2.21. The van der Waals surface area contributed by atoms with Crippen LogP contribution in [0.2, 0.25) is 0 Å². The van der Waals surface area contributed by atoms with Crippen molar-refractivity contribution in [2.45, 2.75) is 33.3 Å². The maximum atomic E-state index is 12.3. The van der Waals surface area contributed by atoms with Gasteiger partial charge in [-0.25, -0.2) is 0 Å². The Morgan fingerprint density at radius 1 is 1.28 bits per heavy atom. The molecule has 1 aromatic rings. The monoisotopic (exact) mass is 250 g/mol. The highest BCUT2D eigenvalue weighted by Crippen LogP contribution is 2.45. The summed E-state index contributed by atoms with van der Waals surface area (Å²) < 4.78 is 16.2. The normalized spacial score (nSPS) is 16.4. The van der Waals surface area contributed by atoms with Crippen molar-refractivity contribution in [1.82, 2.24) is 0 Å². The Morgan fingerprint density at radius 2 is 1.94 bits per heavy atom. The molecule has 4 heteroatoms. The molecule has 0 atom stereocenters. The van der Waals surface area contributed by atoms with Crippen LogP contribution in [-0.4, -0.2) is 25.3 Å². The van der Waals surface area contributed by atoms with Crippen LogP contribution in [0.25, 0.3) is 0 Å². The van der Waals surface area contributed by atoms with Gasteiger partial charge in [-0.2, -0.15) is 0 Å². The summed E-state index contributed by atoms with van der Waals surface area (Å²) in [7, 11) is 1.56. The molecule has 1 aliphatic rings. The van der Waals surface area contributed by atoms with Crippen molar-refractivity contribution in [1.29, 1.82) is 0 Å². The number of carbonyl (C=O) groups is 1. The van der Waals surface area contributed by atoms with E-state index in [2.05, 4.69) is 0 Å². The predicted molar refractivity (Wildman–Crippen MR) is 67.5 cm³/mol. The van der Waals surface area contributed by atoms with Crippen LogP contribution in [0.4, 0.5) is 0 Å². The molecule has 4 nitrogen and oxygen atoms in total. The van der Waals surface area contributed by atoms with E-state index < -0.39 is 5.60 Å². The smallest absolute Gasteiger partial charge is 0.209 e. The Labute approximate surface area is 107 Å². The van der Waals surface area contributed by atoms with E-state index in [9.17, 15) is 4.79 Å². The van der Waals surface area contributed by atoms with Crippen LogP contribution >= 0.6 is 0 Å². The molecule has 1 aliphatic heterocycles. The highest BCUT2D eigenvalue weighted by molar-refractivity contribution is 6.09. The van der Waals surface area contributed by atoms with Crippen molar-refractivity contribution >= 4 is 5.78 Å². The van der Waals surface area contributed by atoms with Crippen LogP contribution < -0.4 is 9.47 Å². The third-order valence-electron chi connectivity index (χ3n) is 3.07. The number of ketones is 1. The van der Waals surface area contributed by atoms with Crippen molar-refractivity contribution < 1.29 is 19.0 Å². The second-order valence-corrected chi connectivity index (χ2v) is 5.04. The van der Waals surface area contributed by atoms with E-state index in [0.717, 1.165) is 11.1 Å². The van der Waals surface area contributed by atoms with Gasteiger partial charge in [0.1, 0.15) is 0 Å². The largest absolute Gasteiger partial charge is 0.475 e. The summed E-state index contributed by atoms with van der Waals surface area (Å²) in [6.45, 7) is 7.51. The van der Waals surface area contributed by atoms with Crippen LogP contribution in [0.3, 0.4) is 0 Å². The zero-order valence-electron chi connectivity index (χ0n) is 11.4. The maximum Gasteiger partial charge on any atom is 0.209 e. The fourth-order valence-corrected chi connectivity index (χ4v) is 2.21. The van der Waals surface area contributed by atoms with E-state index in [1.54, 1.807) is 21.0 Å². The molecule has 1 heterocycles. The van der Waals surface area contributed by atoms with Gasteiger partial charge in [0, 0.05) is 7.11 Å². The maximum absolute atomic E-state index is 12.3. The number of rotatable bonds is 3. The highest BCUT2D eigenvalue weighted by Gasteiger charge is 2.43. The van der Waals surface area contributed by atoms with Crippen LogP contribution in [-0.2, 0) is 4.74 Å². The lowest BCUT2D eigenvalue weighted by atomic mass is 9.95. The number of aryl methyl sites for hydroxylation is 2. The molecule has 0 spiro atoms. The predicted octanol–water partition coefficient (Wildman–Crippen LogP) is 2.64. The third kappa shape index (κ3) is 1.86. The molecule has 0 radical (unpaired) electrons. The topological polar surface area (TPSA) is 44.8 Å². The molecule has 0 fully saturated rings. The van der Waals surface area contributed by atoms with Gasteiger partial charge in [-0.05, 0) is 38.8 Å². The van der Waals surface area contributed by atoms with Gasteiger partial charge in [-0.1, -0.05) is 6.07 Å². The van der Waals surface area contributed by atoms with Gasteiger partial charge in [-0.15, -0.1) is 0 Å². The van der Waals surface area contributed by atoms with E-state index in [1.165, 1.54) is 0 Å². The third-order valence-corrected chi connectivity index (χ3v) is 3.07. The number of carbonyl (C=O) groups excluding carboxylic acids is 1. The van der Waals surface area contributed by atoms with Crippen LogP contribution in [0, 0.1) is 13.8 Å². The summed E-state index contributed by atoms with van der Waals surface area (Å²) in [4.78, 5) is 12.3. The fraction of sp³-hybridized carbons (Fsp3) is 0.500. The first-order chi connectivity index (χ1) is 8.38. The summed E-state index contributed by atoms with van der Waals surface area (Å²) in [6, 6.07) is 1.94. The van der Waals surface area contributed by atoms with Gasteiger partial charge in [-0.3, -0.25) is 4.79 Å². The molecule has 18 heavy (non-hydrogen) atoms.